The van der Waals surface area contributed by atoms with Gasteiger partial charge in [0.2, 0.25) is 11.7 Å². The average molecular weight is 378 g/mol. The largest absolute Gasteiger partial charge is 0.380 e. The van der Waals surface area contributed by atoms with E-state index in [0.717, 1.165) is 29.8 Å². The number of nitrogens with zero attached hydrogens (tertiary/aromatic N) is 3. The molecule has 2 N–H and O–H groups in total. The molecule has 0 bridgehead atoms. The molecule has 0 spiro atoms. The van der Waals surface area contributed by atoms with Crippen LogP contribution in [0.5, 0.6) is 0 Å². The highest BCUT2D eigenvalue weighted by atomic mass is 16.5. The molecular weight excluding hydrogens is 352 g/mol. The van der Waals surface area contributed by atoms with Crippen molar-refractivity contribution in [3.05, 3.63) is 65.3 Å². The average Bonchev–Trinajstić information content (AvgIpc) is 3.12. The van der Waals surface area contributed by atoms with Crippen LogP contribution in [0.25, 0.3) is 11.4 Å². The van der Waals surface area contributed by atoms with E-state index >= 15 is 0 Å². The number of aliphatic hydroxyl groups is 1. The van der Waals surface area contributed by atoms with Crippen molar-refractivity contribution in [3.63, 3.8) is 0 Å². The van der Waals surface area contributed by atoms with Crippen molar-refractivity contribution in [1.29, 1.82) is 0 Å². The molecular formula is C22H26N4O2. The summed E-state index contributed by atoms with van der Waals surface area (Å²) in [5, 5.41) is 19.4. The van der Waals surface area contributed by atoms with Gasteiger partial charge in [-0.25, -0.2) is 0 Å². The Morgan fingerprint density at radius 1 is 1.14 bits per heavy atom. The molecule has 0 radical (unpaired) electrons. The maximum atomic E-state index is 12.1. The Bertz CT molecular complexity index is 976. The standard InChI is InChI=1S/C22H26N4O2/c1-14(2)16-5-7-18(8-6-16)22(27,21(4)12-24-13-21)19-9-17(10-23-11-19)20-25-15(3)28-26-20/h5-11,14,24,27H,12-13H2,1-4H3. The van der Waals surface area contributed by atoms with Crippen LogP contribution in [-0.2, 0) is 5.60 Å². The molecule has 3 aromatic rings. The van der Waals surface area contributed by atoms with E-state index in [1.54, 1.807) is 19.3 Å². The van der Waals surface area contributed by atoms with Gasteiger partial charge in [0.1, 0.15) is 5.60 Å². The summed E-state index contributed by atoms with van der Waals surface area (Å²) in [4.78, 5) is 8.67. The molecule has 2 aromatic heterocycles. The molecule has 3 heterocycles. The van der Waals surface area contributed by atoms with Crippen molar-refractivity contribution >= 4 is 0 Å². The van der Waals surface area contributed by atoms with Crippen molar-refractivity contribution in [1.82, 2.24) is 20.4 Å². The molecule has 1 aliphatic heterocycles. The molecule has 1 fully saturated rings. The van der Waals surface area contributed by atoms with Crippen LogP contribution in [0, 0.1) is 12.3 Å². The first-order chi connectivity index (χ1) is 13.3. The number of pyridine rings is 1. The lowest BCUT2D eigenvalue weighted by molar-refractivity contribution is -0.0769. The monoisotopic (exact) mass is 378 g/mol. The minimum Gasteiger partial charge on any atom is -0.380 e. The molecule has 6 nitrogen and oxygen atoms in total. The minimum atomic E-state index is -1.18. The van der Waals surface area contributed by atoms with E-state index in [9.17, 15) is 5.11 Å². The Kier molecular flexibility index (Phi) is 4.56. The predicted molar refractivity (Wildman–Crippen MR) is 107 cm³/mol. The zero-order chi connectivity index (χ0) is 19.9. The maximum absolute atomic E-state index is 12.1. The molecule has 28 heavy (non-hydrogen) atoms. The summed E-state index contributed by atoms with van der Waals surface area (Å²) in [6, 6.07) is 10.2. The van der Waals surface area contributed by atoms with E-state index in [-0.39, 0.29) is 5.41 Å². The third-order valence-corrected chi connectivity index (χ3v) is 5.84. The molecule has 1 aliphatic rings. The third-order valence-electron chi connectivity index (χ3n) is 5.84. The Morgan fingerprint density at radius 2 is 1.86 bits per heavy atom. The summed E-state index contributed by atoms with van der Waals surface area (Å²) in [7, 11) is 0. The predicted octanol–water partition coefficient (Wildman–Crippen LogP) is 3.41. The van der Waals surface area contributed by atoms with Crippen LogP contribution in [0.2, 0.25) is 0 Å². The fourth-order valence-corrected chi connectivity index (χ4v) is 3.91. The number of hydrogen-bond donors (Lipinski definition) is 2. The van der Waals surface area contributed by atoms with Crippen molar-refractivity contribution in [2.75, 3.05) is 13.1 Å². The van der Waals surface area contributed by atoms with Gasteiger partial charge in [-0.2, -0.15) is 4.98 Å². The maximum Gasteiger partial charge on any atom is 0.223 e. The lowest BCUT2D eigenvalue weighted by Crippen LogP contribution is -2.63. The van der Waals surface area contributed by atoms with Crippen LogP contribution in [0.15, 0.2) is 47.2 Å². The van der Waals surface area contributed by atoms with Gasteiger partial charge in [0, 0.05) is 48.9 Å². The molecule has 1 aromatic carbocycles. The minimum absolute atomic E-state index is 0.347. The topological polar surface area (TPSA) is 84.1 Å². The van der Waals surface area contributed by atoms with Gasteiger partial charge in [-0.15, -0.1) is 0 Å². The first-order valence-electron chi connectivity index (χ1n) is 9.63. The SMILES string of the molecule is Cc1nc(-c2cncc(C(O)(c3ccc(C(C)C)cc3)C3(C)CNC3)c2)no1. The second kappa shape index (κ2) is 6.79. The van der Waals surface area contributed by atoms with E-state index < -0.39 is 5.60 Å². The highest BCUT2D eigenvalue weighted by Gasteiger charge is 2.53. The van der Waals surface area contributed by atoms with Crippen LogP contribution in [0.1, 0.15) is 49.3 Å². The Labute approximate surface area is 165 Å². The number of hydrogen-bond acceptors (Lipinski definition) is 6. The van der Waals surface area contributed by atoms with Gasteiger partial charge in [-0.3, -0.25) is 4.98 Å². The molecule has 1 saturated heterocycles. The fraction of sp³-hybridized carbons (Fsp3) is 0.409. The van der Waals surface area contributed by atoms with Crippen LogP contribution in [0.4, 0.5) is 0 Å². The summed E-state index contributed by atoms with van der Waals surface area (Å²) in [5.41, 5.74) is 2.03. The lowest BCUT2D eigenvalue weighted by atomic mass is 9.63. The van der Waals surface area contributed by atoms with Crippen LogP contribution >= 0.6 is 0 Å². The van der Waals surface area contributed by atoms with Crippen molar-refractivity contribution in [2.24, 2.45) is 5.41 Å². The summed E-state index contributed by atoms with van der Waals surface area (Å²) >= 11 is 0. The molecule has 0 saturated carbocycles. The second-order valence-electron chi connectivity index (χ2n) is 8.25. The van der Waals surface area contributed by atoms with E-state index in [4.69, 9.17) is 4.52 Å². The van der Waals surface area contributed by atoms with Crippen molar-refractivity contribution in [3.8, 4) is 11.4 Å². The zero-order valence-corrected chi connectivity index (χ0v) is 16.7. The van der Waals surface area contributed by atoms with Crippen LogP contribution in [-0.4, -0.2) is 33.3 Å². The number of aryl methyl sites for hydroxylation is 1. The van der Waals surface area contributed by atoms with Crippen molar-refractivity contribution < 1.29 is 9.63 Å². The second-order valence-corrected chi connectivity index (χ2v) is 8.25. The molecule has 1 atom stereocenters. The molecule has 0 amide bonds. The molecule has 1 unspecified atom stereocenters. The highest BCUT2D eigenvalue weighted by molar-refractivity contribution is 5.56. The number of aromatic nitrogens is 3. The van der Waals surface area contributed by atoms with Gasteiger partial charge in [0.15, 0.2) is 0 Å². The van der Waals surface area contributed by atoms with Crippen molar-refractivity contribution in [2.45, 2.75) is 39.2 Å². The smallest absolute Gasteiger partial charge is 0.223 e. The van der Waals surface area contributed by atoms with Gasteiger partial charge in [-0.1, -0.05) is 50.2 Å². The molecule has 146 valence electrons. The van der Waals surface area contributed by atoms with E-state index in [1.165, 1.54) is 5.56 Å². The Hall–Kier alpha value is -2.57. The quantitative estimate of drug-likeness (QED) is 0.708. The normalized spacial score (nSPS) is 17.9. The van der Waals surface area contributed by atoms with Crippen LogP contribution in [0.3, 0.4) is 0 Å². The van der Waals surface area contributed by atoms with Gasteiger partial charge < -0.3 is 14.9 Å². The van der Waals surface area contributed by atoms with E-state index in [0.29, 0.717) is 17.6 Å². The zero-order valence-electron chi connectivity index (χ0n) is 16.7. The first kappa shape index (κ1) is 18.8. The van der Waals surface area contributed by atoms with Gasteiger partial charge in [0.25, 0.3) is 0 Å². The number of benzene rings is 1. The lowest BCUT2D eigenvalue weighted by Gasteiger charge is -2.52. The summed E-state index contributed by atoms with van der Waals surface area (Å²) in [6.45, 7) is 9.63. The van der Waals surface area contributed by atoms with Gasteiger partial charge >= 0.3 is 0 Å². The highest BCUT2D eigenvalue weighted by Crippen LogP contribution is 2.48. The van der Waals surface area contributed by atoms with Gasteiger partial charge in [0.05, 0.1) is 0 Å². The molecule has 6 heteroatoms. The summed E-state index contributed by atoms with van der Waals surface area (Å²) in [6.07, 6.45) is 3.42. The Morgan fingerprint density at radius 3 is 2.39 bits per heavy atom. The van der Waals surface area contributed by atoms with E-state index in [2.05, 4.69) is 53.3 Å². The van der Waals surface area contributed by atoms with E-state index in [1.807, 2.05) is 18.2 Å². The molecule has 0 aliphatic carbocycles. The first-order valence-corrected chi connectivity index (χ1v) is 9.63. The van der Waals surface area contributed by atoms with Gasteiger partial charge in [-0.05, 0) is 23.1 Å². The van der Waals surface area contributed by atoms with Crippen LogP contribution < -0.4 is 5.32 Å². The molecule has 4 rings (SSSR count). The Balaban J connectivity index is 1.83. The summed E-state index contributed by atoms with van der Waals surface area (Å²) < 4.78 is 5.10. The fourth-order valence-electron chi connectivity index (χ4n) is 3.91. The number of rotatable bonds is 5. The number of nitrogens with one attached hydrogen (secondary N) is 1. The summed E-state index contributed by atoms with van der Waals surface area (Å²) in [5.74, 6) is 1.41. The third kappa shape index (κ3) is 2.93.